The van der Waals surface area contributed by atoms with Gasteiger partial charge < -0.3 is 14.8 Å². The van der Waals surface area contributed by atoms with Crippen molar-refractivity contribution < 1.29 is 9.47 Å². The Kier molecular flexibility index (Phi) is 6.75. The molecule has 3 nitrogen and oxygen atoms in total. The lowest BCUT2D eigenvalue weighted by Gasteiger charge is -2.13. The fraction of sp³-hybridized carbons (Fsp3) is 0.250. The molecule has 0 heterocycles. The van der Waals surface area contributed by atoms with Crippen LogP contribution in [0.15, 0.2) is 78.9 Å². The molecule has 1 unspecified atom stereocenters. The highest BCUT2D eigenvalue weighted by Crippen LogP contribution is 2.19. The molecule has 1 atom stereocenters. The summed E-state index contributed by atoms with van der Waals surface area (Å²) in [5.74, 6) is 1.80. The summed E-state index contributed by atoms with van der Waals surface area (Å²) in [6.07, 6.45) is 1.26. The molecule has 0 bridgehead atoms. The lowest BCUT2D eigenvalue weighted by Crippen LogP contribution is -2.09. The van der Waals surface area contributed by atoms with Gasteiger partial charge in [0.1, 0.15) is 18.1 Å². The molecule has 3 rings (SSSR count). The van der Waals surface area contributed by atoms with Crippen LogP contribution in [0.25, 0.3) is 0 Å². The molecule has 27 heavy (non-hydrogen) atoms. The number of benzene rings is 3. The van der Waals surface area contributed by atoms with E-state index in [1.54, 1.807) is 0 Å². The van der Waals surface area contributed by atoms with Crippen LogP contribution in [-0.2, 0) is 13.2 Å². The number of anilines is 1. The molecule has 3 heteroatoms. The first kappa shape index (κ1) is 18.8. The van der Waals surface area contributed by atoms with E-state index in [0.717, 1.165) is 30.2 Å². The molecule has 0 spiro atoms. The molecule has 0 aliphatic carbocycles. The van der Waals surface area contributed by atoms with Crippen LogP contribution in [0.2, 0.25) is 0 Å². The van der Waals surface area contributed by atoms with E-state index in [2.05, 4.69) is 43.4 Å². The van der Waals surface area contributed by atoms with Gasteiger partial charge in [-0.25, -0.2) is 0 Å². The van der Waals surface area contributed by atoms with Crippen LogP contribution in [-0.4, -0.2) is 6.10 Å². The SMILES string of the molecule is CCC(C)Oc1ccc(CNc2ccc(OCc3ccccc3)cc2)cc1. The van der Waals surface area contributed by atoms with Crippen molar-refractivity contribution >= 4 is 5.69 Å². The maximum atomic E-state index is 5.82. The third-order valence-corrected chi connectivity index (χ3v) is 4.43. The van der Waals surface area contributed by atoms with Gasteiger partial charge in [-0.2, -0.15) is 0 Å². The van der Waals surface area contributed by atoms with Crippen molar-refractivity contribution in [2.24, 2.45) is 0 Å². The minimum absolute atomic E-state index is 0.247. The molecule has 0 saturated heterocycles. The van der Waals surface area contributed by atoms with E-state index in [4.69, 9.17) is 9.47 Å². The fourth-order valence-electron chi connectivity index (χ4n) is 2.62. The molecule has 0 fully saturated rings. The molecule has 3 aromatic carbocycles. The molecule has 3 aromatic rings. The van der Waals surface area contributed by atoms with E-state index in [-0.39, 0.29) is 6.10 Å². The third kappa shape index (κ3) is 6.07. The summed E-state index contributed by atoms with van der Waals surface area (Å²) in [7, 11) is 0. The maximum absolute atomic E-state index is 5.82. The number of hydrogen-bond acceptors (Lipinski definition) is 3. The van der Waals surface area contributed by atoms with Gasteiger partial charge in [-0.05, 0) is 60.9 Å². The summed E-state index contributed by atoms with van der Waals surface area (Å²) in [6.45, 7) is 5.57. The van der Waals surface area contributed by atoms with Crippen molar-refractivity contribution in [1.29, 1.82) is 0 Å². The molecule has 0 aliphatic rings. The average molecular weight is 361 g/mol. The van der Waals surface area contributed by atoms with Crippen molar-refractivity contribution in [3.63, 3.8) is 0 Å². The van der Waals surface area contributed by atoms with Gasteiger partial charge >= 0.3 is 0 Å². The summed E-state index contributed by atoms with van der Waals surface area (Å²) in [5.41, 5.74) is 3.46. The summed E-state index contributed by atoms with van der Waals surface area (Å²) in [5, 5.41) is 3.44. The predicted molar refractivity (Wildman–Crippen MR) is 111 cm³/mol. The smallest absolute Gasteiger partial charge is 0.119 e. The lowest BCUT2D eigenvalue weighted by atomic mass is 10.2. The molecule has 0 aromatic heterocycles. The normalized spacial score (nSPS) is 11.6. The minimum atomic E-state index is 0.247. The Bertz CT molecular complexity index is 798. The summed E-state index contributed by atoms with van der Waals surface area (Å²) in [4.78, 5) is 0. The second-order valence-electron chi connectivity index (χ2n) is 6.63. The largest absolute Gasteiger partial charge is 0.491 e. The molecule has 0 amide bonds. The zero-order valence-corrected chi connectivity index (χ0v) is 16.0. The highest BCUT2D eigenvalue weighted by molar-refractivity contribution is 5.47. The van der Waals surface area contributed by atoms with Gasteiger partial charge in [0.05, 0.1) is 6.10 Å². The van der Waals surface area contributed by atoms with Gasteiger partial charge in [0, 0.05) is 12.2 Å². The summed E-state index contributed by atoms with van der Waals surface area (Å²) < 4.78 is 11.6. The Balaban J connectivity index is 1.47. The van der Waals surface area contributed by atoms with Crippen LogP contribution in [0.1, 0.15) is 31.4 Å². The van der Waals surface area contributed by atoms with Gasteiger partial charge in [-0.3, -0.25) is 0 Å². The molecule has 140 valence electrons. The zero-order chi connectivity index (χ0) is 18.9. The van der Waals surface area contributed by atoms with E-state index < -0.39 is 0 Å². The van der Waals surface area contributed by atoms with Crippen molar-refractivity contribution in [1.82, 2.24) is 0 Å². The first-order chi connectivity index (χ1) is 13.2. The number of nitrogens with one attached hydrogen (secondary N) is 1. The first-order valence-electron chi connectivity index (χ1n) is 9.49. The van der Waals surface area contributed by atoms with Gasteiger partial charge in [0.15, 0.2) is 0 Å². The van der Waals surface area contributed by atoms with E-state index >= 15 is 0 Å². The predicted octanol–water partition coefficient (Wildman–Crippen LogP) is 6.06. The van der Waals surface area contributed by atoms with Crippen LogP contribution in [0, 0.1) is 0 Å². The fourth-order valence-corrected chi connectivity index (χ4v) is 2.62. The molecule has 0 saturated carbocycles. The third-order valence-electron chi connectivity index (χ3n) is 4.43. The Morgan fingerprint density at radius 3 is 2.11 bits per heavy atom. The van der Waals surface area contributed by atoms with Crippen LogP contribution in [0.5, 0.6) is 11.5 Å². The average Bonchev–Trinajstić information content (AvgIpc) is 2.73. The van der Waals surface area contributed by atoms with E-state index in [0.29, 0.717) is 6.61 Å². The number of ether oxygens (including phenoxy) is 2. The Morgan fingerprint density at radius 1 is 0.778 bits per heavy atom. The zero-order valence-electron chi connectivity index (χ0n) is 16.0. The van der Waals surface area contributed by atoms with Gasteiger partial charge in [0.25, 0.3) is 0 Å². The lowest BCUT2D eigenvalue weighted by molar-refractivity contribution is 0.217. The molecule has 1 N–H and O–H groups in total. The van der Waals surface area contributed by atoms with Gasteiger partial charge in [0.2, 0.25) is 0 Å². The van der Waals surface area contributed by atoms with Crippen LogP contribution in [0.4, 0.5) is 5.69 Å². The Hall–Kier alpha value is -2.94. The maximum Gasteiger partial charge on any atom is 0.119 e. The number of rotatable bonds is 9. The highest BCUT2D eigenvalue weighted by Gasteiger charge is 2.02. The monoisotopic (exact) mass is 361 g/mol. The van der Waals surface area contributed by atoms with Gasteiger partial charge in [-0.1, -0.05) is 49.4 Å². The van der Waals surface area contributed by atoms with Crippen molar-refractivity contribution in [2.45, 2.75) is 39.5 Å². The van der Waals surface area contributed by atoms with Crippen LogP contribution in [0.3, 0.4) is 0 Å². The Labute approximate surface area is 162 Å². The second-order valence-corrected chi connectivity index (χ2v) is 6.63. The van der Waals surface area contributed by atoms with Crippen molar-refractivity contribution in [3.8, 4) is 11.5 Å². The summed E-state index contributed by atoms with van der Waals surface area (Å²) >= 11 is 0. The quantitative estimate of drug-likeness (QED) is 0.503. The molecule has 0 radical (unpaired) electrons. The first-order valence-corrected chi connectivity index (χ1v) is 9.49. The van der Waals surface area contributed by atoms with E-state index in [1.165, 1.54) is 11.1 Å². The van der Waals surface area contributed by atoms with Crippen LogP contribution < -0.4 is 14.8 Å². The van der Waals surface area contributed by atoms with Gasteiger partial charge in [-0.15, -0.1) is 0 Å². The topological polar surface area (TPSA) is 30.5 Å². The molecular formula is C24H27NO2. The molecular weight excluding hydrogens is 334 g/mol. The standard InChI is InChI=1S/C24H27NO2/c1-3-19(2)27-24-13-9-20(10-14-24)17-25-22-11-15-23(16-12-22)26-18-21-7-5-4-6-8-21/h4-16,19,25H,3,17-18H2,1-2H3. The molecule has 0 aliphatic heterocycles. The summed E-state index contributed by atoms with van der Waals surface area (Å²) in [6, 6.07) is 26.5. The van der Waals surface area contributed by atoms with E-state index in [1.807, 2.05) is 54.6 Å². The van der Waals surface area contributed by atoms with Crippen LogP contribution >= 0.6 is 0 Å². The highest BCUT2D eigenvalue weighted by atomic mass is 16.5. The van der Waals surface area contributed by atoms with Crippen molar-refractivity contribution in [2.75, 3.05) is 5.32 Å². The number of hydrogen-bond donors (Lipinski definition) is 1. The Morgan fingerprint density at radius 2 is 1.44 bits per heavy atom. The van der Waals surface area contributed by atoms with Crippen molar-refractivity contribution in [3.05, 3.63) is 90.0 Å². The van der Waals surface area contributed by atoms with E-state index in [9.17, 15) is 0 Å². The second kappa shape index (κ2) is 9.67. The minimum Gasteiger partial charge on any atom is -0.491 e.